The largest absolute Gasteiger partial charge is 0.346 e. The predicted molar refractivity (Wildman–Crippen MR) is 92.6 cm³/mol. The molecule has 0 saturated carbocycles. The molecule has 0 spiro atoms. The summed E-state index contributed by atoms with van der Waals surface area (Å²) in [5.41, 5.74) is 2.14. The Morgan fingerprint density at radius 1 is 1.16 bits per heavy atom. The van der Waals surface area contributed by atoms with Crippen molar-refractivity contribution in [3.8, 4) is 11.1 Å². The summed E-state index contributed by atoms with van der Waals surface area (Å²) in [7, 11) is 0. The van der Waals surface area contributed by atoms with Gasteiger partial charge in [-0.3, -0.25) is 9.59 Å². The van der Waals surface area contributed by atoms with Crippen molar-refractivity contribution in [1.29, 1.82) is 0 Å². The van der Waals surface area contributed by atoms with E-state index < -0.39 is 0 Å². The van der Waals surface area contributed by atoms with Gasteiger partial charge in [-0.25, -0.2) is 9.37 Å². The van der Waals surface area contributed by atoms with E-state index in [0.717, 1.165) is 5.56 Å². The summed E-state index contributed by atoms with van der Waals surface area (Å²) in [6.45, 7) is 1.82. The number of carbonyl (C=O) groups is 1. The molecule has 2 aromatic carbocycles. The van der Waals surface area contributed by atoms with Crippen molar-refractivity contribution in [2.45, 2.75) is 13.5 Å². The SMILES string of the molecule is Cc1nc(CNC(=O)c2ccccc2-c2ccc(F)cc2)cc(=O)[nH]1. The summed E-state index contributed by atoms with van der Waals surface area (Å²) in [6.07, 6.45) is 0. The van der Waals surface area contributed by atoms with E-state index in [0.29, 0.717) is 22.6 Å². The first-order valence-corrected chi connectivity index (χ1v) is 7.73. The van der Waals surface area contributed by atoms with E-state index in [1.54, 1.807) is 37.3 Å². The van der Waals surface area contributed by atoms with E-state index in [-0.39, 0.29) is 23.8 Å². The highest BCUT2D eigenvalue weighted by Gasteiger charge is 2.12. The zero-order valence-corrected chi connectivity index (χ0v) is 13.5. The topological polar surface area (TPSA) is 74.8 Å². The van der Waals surface area contributed by atoms with Crippen LogP contribution in [-0.2, 0) is 6.54 Å². The Bertz CT molecular complexity index is 965. The Labute approximate surface area is 143 Å². The predicted octanol–water partition coefficient (Wildman–Crippen LogP) is 2.81. The van der Waals surface area contributed by atoms with Crippen LogP contribution in [0.2, 0.25) is 0 Å². The molecule has 3 rings (SSSR count). The van der Waals surface area contributed by atoms with Gasteiger partial charge in [0.25, 0.3) is 11.5 Å². The molecule has 2 N–H and O–H groups in total. The monoisotopic (exact) mass is 337 g/mol. The minimum atomic E-state index is -0.332. The number of nitrogens with one attached hydrogen (secondary N) is 2. The molecule has 126 valence electrons. The molecule has 0 fully saturated rings. The molecule has 1 aromatic heterocycles. The third-order valence-corrected chi connectivity index (χ3v) is 3.67. The third kappa shape index (κ3) is 3.98. The van der Waals surface area contributed by atoms with E-state index in [1.165, 1.54) is 18.2 Å². The maximum absolute atomic E-state index is 13.1. The molecule has 0 atom stereocenters. The van der Waals surface area contributed by atoms with E-state index in [2.05, 4.69) is 15.3 Å². The van der Waals surface area contributed by atoms with Gasteiger partial charge in [0.1, 0.15) is 11.6 Å². The maximum Gasteiger partial charge on any atom is 0.252 e. The summed E-state index contributed by atoms with van der Waals surface area (Å²) >= 11 is 0. The molecule has 6 heteroatoms. The summed E-state index contributed by atoms with van der Waals surface area (Å²) < 4.78 is 13.1. The molecule has 0 bridgehead atoms. The standard InChI is InChI=1S/C19H16FN3O2/c1-12-22-15(10-18(24)23-12)11-21-19(25)17-5-3-2-4-16(17)13-6-8-14(20)9-7-13/h2-10H,11H2,1H3,(H,21,25)(H,22,23,24). The maximum atomic E-state index is 13.1. The third-order valence-electron chi connectivity index (χ3n) is 3.67. The van der Waals surface area contributed by atoms with Crippen LogP contribution < -0.4 is 10.9 Å². The van der Waals surface area contributed by atoms with E-state index in [4.69, 9.17) is 0 Å². The van der Waals surface area contributed by atoms with Crippen molar-refractivity contribution in [2.75, 3.05) is 0 Å². The minimum Gasteiger partial charge on any atom is -0.346 e. The fourth-order valence-electron chi connectivity index (χ4n) is 2.56. The lowest BCUT2D eigenvalue weighted by molar-refractivity contribution is 0.0951. The van der Waals surface area contributed by atoms with Gasteiger partial charge in [0.2, 0.25) is 0 Å². The van der Waals surface area contributed by atoms with Crippen LogP contribution in [0.3, 0.4) is 0 Å². The molecule has 0 radical (unpaired) electrons. The minimum absolute atomic E-state index is 0.140. The normalized spacial score (nSPS) is 10.5. The lowest BCUT2D eigenvalue weighted by Gasteiger charge is -2.10. The van der Waals surface area contributed by atoms with Gasteiger partial charge in [-0.1, -0.05) is 30.3 Å². The second-order valence-electron chi connectivity index (χ2n) is 5.56. The molecule has 1 heterocycles. The number of aromatic amines is 1. The molecule has 3 aromatic rings. The molecule has 5 nitrogen and oxygen atoms in total. The first-order valence-electron chi connectivity index (χ1n) is 7.73. The zero-order valence-electron chi connectivity index (χ0n) is 13.5. The van der Waals surface area contributed by atoms with Crippen LogP contribution in [-0.4, -0.2) is 15.9 Å². The van der Waals surface area contributed by atoms with Crippen LogP contribution in [0.1, 0.15) is 21.9 Å². The number of aryl methyl sites for hydroxylation is 1. The zero-order chi connectivity index (χ0) is 17.8. The Balaban J connectivity index is 1.83. The van der Waals surface area contributed by atoms with Crippen molar-refractivity contribution >= 4 is 5.91 Å². The van der Waals surface area contributed by atoms with Crippen LogP contribution >= 0.6 is 0 Å². The lowest BCUT2D eigenvalue weighted by atomic mass is 9.99. The van der Waals surface area contributed by atoms with Gasteiger partial charge in [-0.05, 0) is 36.2 Å². The first-order chi connectivity index (χ1) is 12.0. The van der Waals surface area contributed by atoms with E-state index in [1.807, 2.05) is 6.07 Å². The second kappa shape index (κ2) is 7.09. The summed E-state index contributed by atoms with van der Waals surface area (Å²) in [4.78, 5) is 30.7. The molecule has 0 saturated heterocycles. The van der Waals surface area contributed by atoms with Crippen molar-refractivity contribution in [2.24, 2.45) is 0 Å². The summed E-state index contributed by atoms with van der Waals surface area (Å²) in [5, 5.41) is 2.76. The molecule has 0 unspecified atom stereocenters. The molecule has 0 aliphatic rings. The summed E-state index contributed by atoms with van der Waals surface area (Å²) in [5.74, 6) is -0.135. The molecule has 25 heavy (non-hydrogen) atoms. The van der Waals surface area contributed by atoms with Crippen LogP contribution in [0.15, 0.2) is 59.4 Å². The Hall–Kier alpha value is -3.28. The van der Waals surface area contributed by atoms with Crippen LogP contribution in [0.25, 0.3) is 11.1 Å². The number of hydrogen-bond donors (Lipinski definition) is 2. The highest BCUT2D eigenvalue weighted by atomic mass is 19.1. The van der Waals surface area contributed by atoms with Crippen LogP contribution in [0.4, 0.5) is 4.39 Å². The molecule has 0 aliphatic carbocycles. The highest BCUT2D eigenvalue weighted by molar-refractivity contribution is 6.00. The number of aromatic nitrogens is 2. The van der Waals surface area contributed by atoms with Gasteiger partial charge >= 0.3 is 0 Å². The number of rotatable bonds is 4. The van der Waals surface area contributed by atoms with Gasteiger partial charge in [-0.2, -0.15) is 0 Å². The number of benzene rings is 2. The fourth-order valence-corrected chi connectivity index (χ4v) is 2.56. The second-order valence-corrected chi connectivity index (χ2v) is 5.56. The molecule has 0 aliphatic heterocycles. The van der Waals surface area contributed by atoms with E-state index in [9.17, 15) is 14.0 Å². The average Bonchev–Trinajstić information content (AvgIpc) is 2.59. The Morgan fingerprint density at radius 2 is 1.88 bits per heavy atom. The van der Waals surface area contributed by atoms with Gasteiger partial charge < -0.3 is 10.3 Å². The van der Waals surface area contributed by atoms with Gasteiger partial charge in [0.15, 0.2) is 0 Å². The fraction of sp³-hybridized carbons (Fsp3) is 0.105. The Morgan fingerprint density at radius 3 is 2.60 bits per heavy atom. The average molecular weight is 337 g/mol. The number of hydrogen-bond acceptors (Lipinski definition) is 3. The van der Waals surface area contributed by atoms with Crippen molar-refractivity contribution in [1.82, 2.24) is 15.3 Å². The smallest absolute Gasteiger partial charge is 0.252 e. The number of amides is 1. The summed E-state index contributed by atoms with van der Waals surface area (Å²) in [6, 6.07) is 14.4. The van der Waals surface area contributed by atoms with Crippen LogP contribution in [0.5, 0.6) is 0 Å². The molecular weight excluding hydrogens is 321 g/mol. The Kier molecular flexibility index (Phi) is 4.70. The molecule has 1 amide bonds. The van der Waals surface area contributed by atoms with Gasteiger partial charge in [0, 0.05) is 11.6 Å². The number of H-pyrrole nitrogens is 1. The van der Waals surface area contributed by atoms with Gasteiger partial charge in [0.05, 0.1) is 12.2 Å². The van der Waals surface area contributed by atoms with E-state index >= 15 is 0 Å². The van der Waals surface area contributed by atoms with Crippen molar-refractivity contribution in [3.63, 3.8) is 0 Å². The lowest BCUT2D eigenvalue weighted by Crippen LogP contribution is -2.25. The number of carbonyl (C=O) groups excluding carboxylic acids is 1. The molecular formula is C19H16FN3O2. The van der Waals surface area contributed by atoms with Crippen LogP contribution in [0, 0.1) is 12.7 Å². The van der Waals surface area contributed by atoms with Crippen molar-refractivity contribution in [3.05, 3.63) is 87.9 Å². The van der Waals surface area contributed by atoms with Crippen molar-refractivity contribution < 1.29 is 9.18 Å². The number of halogens is 1. The number of nitrogens with zero attached hydrogens (tertiary/aromatic N) is 1. The first kappa shape index (κ1) is 16.6. The quantitative estimate of drug-likeness (QED) is 0.769. The highest BCUT2D eigenvalue weighted by Crippen LogP contribution is 2.23. The van der Waals surface area contributed by atoms with Gasteiger partial charge in [-0.15, -0.1) is 0 Å².